The minimum absolute atomic E-state index is 0.285. The second-order valence-corrected chi connectivity index (χ2v) is 13.0. The van der Waals surface area contributed by atoms with E-state index in [0.29, 0.717) is 41.9 Å². The molecule has 0 amide bonds. The molecule has 2 heterocycles. The van der Waals surface area contributed by atoms with Gasteiger partial charge in [0.25, 0.3) is 0 Å². The monoisotopic (exact) mass is 447 g/mol. The molecular formula is C27H45NO4. The molecule has 32 heavy (non-hydrogen) atoms. The first-order valence-electron chi connectivity index (χ1n) is 13.4. The highest BCUT2D eigenvalue weighted by molar-refractivity contribution is 5.99. The largest absolute Gasteiger partial charge is 0.411 e. The third-order valence-electron chi connectivity index (χ3n) is 11.2. The lowest BCUT2D eigenvalue weighted by molar-refractivity contribution is -0.268. The summed E-state index contributed by atoms with van der Waals surface area (Å²) in [4.78, 5) is 0. The van der Waals surface area contributed by atoms with Crippen molar-refractivity contribution in [3.05, 3.63) is 0 Å². The summed E-state index contributed by atoms with van der Waals surface area (Å²) in [6.07, 6.45) is 9.77. The van der Waals surface area contributed by atoms with Crippen LogP contribution in [0.2, 0.25) is 0 Å². The highest BCUT2D eigenvalue weighted by Gasteiger charge is 2.74. The van der Waals surface area contributed by atoms with Gasteiger partial charge in [-0.15, -0.1) is 0 Å². The lowest BCUT2D eigenvalue weighted by Gasteiger charge is -2.69. The van der Waals surface area contributed by atoms with Gasteiger partial charge in [0.05, 0.1) is 12.7 Å². The zero-order valence-corrected chi connectivity index (χ0v) is 20.6. The average molecular weight is 448 g/mol. The summed E-state index contributed by atoms with van der Waals surface area (Å²) in [5, 5.41) is 36.0. The molecule has 1 spiro atoms. The third kappa shape index (κ3) is 3.02. The van der Waals surface area contributed by atoms with E-state index in [-0.39, 0.29) is 12.5 Å². The second-order valence-electron chi connectivity index (χ2n) is 13.0. The summed E-state index contributed by atoms with van der Waals surface area (Å²) in [6.45, 7) is 10.2. The van der Waals surface area contributed by atoms with Gasteiger partial charge in [-0.05, 0) is 79.4 Å². The van der Waals surface area contributed by atoms with Crippen molar-refractivity contribution < 1.29 is 20.2 Å². The molecular weight excluding hydrogens is 402 g/mol. The standard InChI is InChI=1S/C27H45NO4/c1-16(2)6-5-7-17(3)19-8-9-20-22-21(11-12-25(19,20)4)26-13-10-18(29)14-27(26,30)24(28-31)23(22)32-15-26/h16-23,29-31H,5-15H2,1-4H3/b28-24+/t17-,18+,19-,20+,21+,22+,23-,25-,26+,27+/m1/s1. The van der Waals surface area contributed by atoms with E-state index in [9.17, 15) is 15.4 Å². The zero-order valence-electron chi connectivity index (χ0n) is 20.6. The number of oxime groups is 1. The number of hydrogen-bond donors (Lipinski definition) is 3. The Morgan fingerprint density at radius 1 is 1.06 bits per heavy atom. The Morgan fingerprint density at radius 3 is 2.56 bits per heavy atom. The van der Waals surface area contributed by atoms with Gasteiger partial charge >= 0.3 is 0 Å². The van der Waals surface area contributed by atoms with Gasteiger partial charge in [-0.1, -0.05) is 52.1 Å². The van der Waals surface area contributed by atoms with Crippen LogP contribution in [0, 0.1) is 46.3 Å². The van der Waals surface area contributed by atoms with Crippen molar-refractivity contribution >= 4 is 5.71 Å². The summed E-state index contributed by atoms with van der Waals surface area (Å²) in [5.74, 6) is 3.57. The van der Waals surface area contributed by atoms with Crippen molar-refractivity contribution in [3.8, 4) is 0 Å². The van der Waals surface area contributed by atoms with Crippen LogP contribution in [0.5, 0.6) is 0 Å². The Morgan fingerprint density at radius 2 is 1.84 bits per heavy atom. The molecule has 2 aliphatic heterocycles. The molecule has 6 aliphatic rings. The highest BCUT2D eigenvalue weighted by atomic mass is 16.5. The van der Waals surface area contributed by atoms with Gasteiger partial charge in [0.15, 0.2) is 0 Å². The molecule has 2 saturated heterocycles. The third-order valence-corrected chi connectivity index (χ3v) is 11.2. The molecule has 3 N–H and O–H groups in total. The van der Waals surface area contributed by atoms with Crippen molar-refractivity contribution in [2.24, 2.45) is 51.5 Å². The molecule has 10 atom stereocenters. The summed E-state index contributed by atoms with van der Waals surface area (Å²) in [7, 11) is 0. The minimum atomic E-state index is -1.22. The number of fused-ring (bicyclic) bond motifs is 2. The quantitative estimate of drug-likeness (QED) is 0.409. The summed E-state index contributed by atoms with van der Waals surface area (Å²) in [5.41, 5.74) is -0.904. The fourth-order valence-corrected chi connectivity index (χ4v) is 9.70. The number of hydrogen-bond acceptors (Lipinski definition) is 5. The lowest BCUT2D eigenvalue weighted by atomic mass is 9.40. The SMILES string of the molecule is CC(C)CCC[C@@H](C)[C@H]1CC[C@H]2[C@@H]3[C@H]4OC[C@@]5(CC[C@H](O)C[C@]5(O)/C4=N/O)[C@H]3CC[C@]12C. The maximum Gasteiger partial charge on any atom is 0.119 e. The van der Waals surface area contributed by atoms with Crippen LogP contribution in [0.25, 0.3) is 0 Å². The van der Waals surface area contributed by atoms with Crippen molar-refractivity contribution in [3.63, 3.8) is 0 Å². The Kier molecular flexibility index (Phi) is 5.74. The zero-order chi connectivity index (χ0) is 22.9. The van der Waals surface area contributed by atoms with E-state index in [0.717, 1.165) is 30.6 Å². The normalized spacial score (nSPS) is 52.0. The first-order valence-corrected chi connectivity index (χ1v) is 13.4. The second kappa shape index (κ2) is 7.95. The molecule has 0 unspecified atom stereocenters. The summed E-state index contributed by atoms with van der Waals surface area (Å²) >= 11 is 0. The molecule has 0 radical (unpaired) electrons. The lowest BCUT2D eigenvalue weighted by Crippen LogP contribution is -2.77. The van der Waals surface area contributed by atoms with Gasteiger partial charge < -0.3 is 20.2 Å². The van der Waals surface area contributed by atoms with Crippen LogP contribution in [0.15, 0.2) is 5.16 Å². The van der Waals surface area contributed by atoms with Crippen LogP contribution in [0.4, 0.5) is 0 Å². The van der Waals surface area contributed by atoms with E-state index >= 15 is 0 Å². The molecule has 6 fully saturated rings. The average Bonchev–Trinajstić information content (AvgIpc) is 3.09. The van der Waals surface area contributed by atoms with Crippen LogP contribution in [-0.4, -0.2) is 45.5 Å². The van der Waals surface area contributed by atoms with Crippen LogP contribution in [0.1, 0.15) is 91.9 Å². The van der Waals surface area contributed by atoms with Crippen LogP contribution >= 0.6 is 0 Å². The molecule has 4 saturated carbocycles. The minimum Gasteiger partial charge on any atom is -0.411 e. The Bertz CT molecular complexity index is 754. The number of ether oxygens (including phenoxy) is 1. The molecule has 2 bridgehead atoms. The maximum absolute atomic E-state index is 11.9. The Labute approximate surface area is 194 Å². The number of rotatable bonds is 5. The van der Waals surface area contributed by atoms with E-state index in [4.69, 9.17) is 4.74 Å². The van der Waals surface area contributed by atoms with Gasteiger partial charge in [-0.2, -0.15) is 0 Å². The van der Waals surface area contributed by atoms with Crippen molar-refractivity contribution in [1.82, 2.24) is 0 Å². The predicted molar refractivity (Wildman–Crippen MR) is 125 cm³/mol. The van der Waals surface area contributed by atoms with E-state index in [1.165, 1.54) is 38.5 Å². The van der Waals surface area contributed by atoms with E-state index < -0.39 is 17.1 Å². The first kappa shape index (κ1) is 23.1. The van der Waals surface area contributed by atoms with E-state index in [2.05, 4.69) is 32.9 Å². The van der Waals surface area contributed by atoms with Gasteiger partial charge in [-0.3, -0.25) is 0 Å². The fraction of sp³-hybridized carbons (Fsp3) is 0.963. The molecule has 4 aliphatic carbocycles. The van der Waals surface area contributed by atoms with E-state index in [1.54, 1.807) is 0 Å². The maximum atomic E-state index is 11.9. The van der Waals surface area contributed by atoms with E-state index in [1.807, 2.05) is 0 Å². The molecule has 5 heteroatoms. The van der Waals surface area contributed by atoms with Crippen LogP contribution in [0.3, 0.4) is 0 Å². The molecule has 6 rings (SSSR count). The van der Waals surface area contributed by atoms with Gasteiger partial charge in [0.1, 0.15) is 17.4 Å². The predicted octanol–water partition coefficient (Wildman–Crippen LogP) is 5.01. The number of nitrogens with zero attached hydrogens (tertiary/aromatic N) is 1. The smallest absolute Gasteiger partial charge is 0.119 e. The van der Waals surface area contributed by atoms with Crippen molar-refractivity contribution in [1.29, 1.82) is 0 Å². The van der Waals surface area contributed by atoms with Crippen LogP contribution in [-0.2, 0) is 4.74 Å². The van der Waals surface area contributed by atoms with Gasteiger partial charge in [-0.25, -0.2) is 0 Å². The van der Waals surface area contributed by atoms with Gasteiger partial charge in [0.2, 0.25) is 0 Å². The first-order chi connectivity index (χ1) is 15.2. The Balaban J connectivity index is 1.43. The molecule has 0 aromatic heterocycles. The fourth-order valence-electron chi connectivity index (χ4n) is 9.70. The topological polar surface area (TPSA) is 82.3 Å². The summed E-state index contributed by atoms with van der Waals surface area (Å²) in [6, 6.07) is 0. The van der Waals surface area contributed by atoms with Crippen LogP contribution < -0.4 is 0 Å². The summed E-state index contributed by atoms with van der Waals surface area (Å²) < 4.78 is 6.42. The molecule has 5 nitrogen and oxygen atoms in total. The van der Waals surface area contributed by atoms with Crippen molar-refractivity contribution in [2.45, 2.75) is 110 Å². The molecule has 182 valence electrons. The molecule has 0 aromatic rings. The van der Waals surface area contributed by atoms with Crippen molar-refractivity contribution in [2.75, 3.05) is 6.61 Å². The number of aliphatic hydroxyl groups excluding tert-OH is 1. The van der Waals surface area contributed by atoms with Gasteiger partial charge in [0, 0.05) is 11.8 Å². The molecule has 0 aromatic carbocycles. The highest BCUT2D eigenvalue weighted by Crippen LogP contribution is 2.71. The number of aliphatic hydroxyl groups is 2. The Hall–Kier alpha value is -0.650.